The number of anilines is 2. The van der Waals surface area contributed by atoms with Crippen molar-refractivity contribution in [3.05, 3.63) is 6.33 Å². The summed E-state index contributed by atoms with van der Waals surface area (Å²) in [7, 11) is 0. The average Bonchev–Trinajstić information content (AvgIpc) is 3.35. The van der Waals surface area contributed by atoms with E-state index in [0.717, 1.165) is 42.9 Å². The Balaban J connectivity index is 0.000000880. The molecule has 3 atom stereocenters. The molecule has 0 unspecified atom stereocenters. The Kier molecular flexibility index (Phi) is 5.42. The summed E-state index contributed by atoms with van der Waals surface area (Å²) in [4.78, 5) is 15.8. The highest BCUT2D eigenvalue weighted by Gasteiger charge is 2.34. The van der Waals surface area contributed by atoms with Gasteiger partial charge in [0.25, 0.3) is 0 Å². The molecule has 0 radical (unpaired) electrons. The zero-order valence-electron chi connectivity index (χ0n) is 15.8. The van der Waals surface area contributed by atoms with Crippen LogP contribution in [0.3, 0.4) is 0 Å². The van der Waals surface area contributed by atoms with Gasteiger partial charge in [0, 0.05) is 19.0 Å². The monoisotopic (exact) mass is 346 g/mol. The number of fused-ring (bicyclic) bond motifs is 1. The third-order valence-electron chi connectivity index (χ3n) is 5.01. The van der Waals surface area contributed by atoms with Gasteiger partial charge < -0.3 is 15.4 Å². The average molecular weight is 346 g/mol. The van der Waals surface area contributed by atoms with Crippen LogP contribution in [0.5, 0.6) is 0 Å². The van der Waals surface area contributed by atoms with Crippen molar-refractivity contribution in [2.24, 2.45) is 5.92 Å². The van der Waals surface area contributed by atoms with Crippen LogP contribution < -0.4 is 10.6 Å². The molecule has 2 aliphatic rings. The molecule has 2 aromatic heterocycles. The van der Waals surface area contributed by atoms with Gasteiger partial charge in [0.15, 0.2) is 17.0 Å². The van der Waals surface area contributed by atoms with Gasteiger partial charge in [-0.3, -0.25) is 4.57 Å². The fourth-order valence-corrected chi connectivity index (χ4v) is 3.77. The highest BCUT2D eigenvalue weighted by Crippen LogP contribution is 2.37. The minimum Gasteiger partial charge on any atom is -0.368 e. The van der Waals surface area contributed by atoms with Gasteiger partial charge in [-0.15, -0.1) is 0 Å². The third kappa shape index (κ3) is 3.29. The van der Waals surface area contributed by atoms with Crippen LogP contribution in [0.1, 0.15) is 59.6 Å². The summed E-state index contributed by atoms with van der Waals surface area (Å²) in [6.07, 6.45) is 6.59. The van der Waals surface area contributed by atoms with E-state index in [1.807, 2.05) is 24.7 Å². The van der Waals surface area contributed by atoms with Crippen molar-refractivity contribution < 1.29 is 4.74 Å². The minimum absolute atomic E-state index is 0.0225. The highest BCUT2D eigenvalue weighted by molar-refractivity contribution is 5.85. The molecule has 2 fully saturated rings. The third-order valence-corrected chi connectivity index (χ3v) is 5.01. The smallest absolute Gasteiger partial charge is 0.224 e. The van der Waals surface area contributed by atoms with Crippen LogP contribution in [-0.4, -0.2) is 38.7 Å². The number of nitrogen functional groups attached to an aromatic ring is 1. The normalized spacial score (nSPS) is 26.1. The molecule has 2 aromatic rings. The van der Waals surface area contributed by atoms with Gasteiger partial charge in [-0.25, -0.2) is 4.98 Å². The van der Waals surface area contributed by atoms with Crippen molar-refractivity contribution >= 4 is 22.9 Å². The Morgan fingerprint density at radius 1 is 1.24 bits per heavy atom. The Morgan fingerprint density at radius 3 is 2.60 bits per heavy atom. The fraction of sp³-hybridized carbons (Fsp3) is 0.722. The van der Waals surface area contributed by atoms with Crippen LogP contribution >= 0.6 is 0 Å². The molecule has 4 heterocycles. The lowest BCUT2D eigenvalue weighted by molar-refractivity contribution is -0.00903. The summed E-state index contributed by atoms with van der Waals surface area (Å²) in [5.74, 6) is 1.60. The van der Waals surface area contributed by atoms with E-state index in [1.165, 1.54) is 12.8 Å². The van der Waals surface area contributed by atoms with E-state index in [2.05, 4.69) is 33.7 Å². The van der Waals surface area contributed by atoms with Crippen molar-refractivity contribution in [3.63, 3.8) is 0 Å². The van der Waals surface area contributed by atoms with Gasteiger partial charge in [-0.1, -0.05) is 27.7 Å². The molecule has 0 bridgehead atoms. The van der Waals surface area contributed by atoms with E-state index in [0.29, 0.717) is 18.0 Å². The van der Waals surface area contributed by atoms with E-state index in [-0.39, 0.29) is 6.23 Å². The highest BCUT2D eigenvalue weighted by atomic mass is 16.5. The van der Waals surface area contributed by atoms with Crippen molar-refractivity contribution in [1.82, 2.24) is 19.5 Å². The second kappa shape index (κ2) is 7.56. The summed E-state index contributed by atoms with van der Waals surface area (Å²) >= 11 is 0. The first-order valence-corrected chi connectivity index (χ1v) is 9.57. The Labute approximate surface area is 149 Å². The lowest BCUT2D eigenvalue weighted by Crippen LogP contribution is -2.21. The quantitative estimate of drug-likeness (QED) is 0.917. The number of rotatable bonds is 3. The van der Waals surface area contributed by atoms with E-state index in [9.17, 15) is 0 Å². The second-order valence-corrected chi connectivity index (χ2v) is 6.69. The second-order valence-electron chi connectivity index (χ2n) is 6.69. The van der Waals surface area contributed by atoms with Crippen molar-refractivity contribution in [2.45, 2.75) is 65.7 Å². The molecule has 4 rings (SSSR count). The molecule has 138 valence electrons. The number of aromatic nitrogens is 4. The number of hydrogen-bond donors (Lipinski definition) is 1. The molecular weight excluding hydrogens is 316 g/mol. The number of hydrogen-bond acceptors (Lipinski definition) is 6. The predicted molar refractivity (Wildman–Crippen MR) is 101 cm³/mol. The molecule has 0 amide bonds. The number of ether oxygens (including phenoxy) is 1. The predicted octanol–water partition coefficient (Wildman–Crippen LogP) is 3.37. The molecule has 2 saturated heterocycles. The SMILES string of the molecule is CC.CC[C@@H]1C[C@H](C)[C@H](n2cnc3c(N4CCCC4)nc(N)nc32)O1. The van der Waals surface area contributed by atoms with E-state index < -0.39 is 0 Å². The zero-order chi connectivity index (χ0) is 18.0. The summed E-state index contributed by atoms with van der Waals surface area (Å²) in [5.41, 5.74) is 7.59. The summed E-state index contributed by atoms with van der Waals surface area (Å²) in [6.45, 7) is 10.4. The van der Waals surface area contributed by atoms with Gasteiger partial charge in [0.2, 0.25) is 5.95 Å². The van der Waals surface area contributed by atoms with Crippen LogP contribution in [0, 0.1) is 5.92 Å². The van der Waals surface area contributed by atoms with E-state index >= 15 is 0 Å². The van der Waals surface area contributed by atoms with Crippen molar-refractivity contribution in [3.8, 4) is 0 Å². The maximum Gasteiger partial charge on any atom is 0.224 e. The maximum absolute atomic E-state index is 6.19. The van der Waals surface area contributed by atoms with Crippen molar-refractivity contribution in [2.75, 3.05) is 23.7 Å². The lowest BCUT2D eigenvalue weighted by atomic mass is 10.0. The number of imidazole rings is 1. The molecule has 0 spiro atoms. The van der Waals surface area contributed by atoms with Gasteiger partial charge >= 0.3 is 0 Å². The summed E-state index contributed by atoms with van der Waals surface area (Å²) in [5, 5.41) is 0. The van der Waals surface area contributed by atoms with Crippen LogP contribution in [0.25, 0.3) is 11.2 Å². The first-order chi connectivity index (χ1) is 12.2. The van der Waals surface area contributed by atoms with Gasteiger partial charge in [0.05, 0.1) is 12.4 Å². The van der Waals surface area contributed by atoms with Crippen LogP contribution in [0.4, 0.5) is 11.8 Å². The van der Waals surface area contributed by atoms with Crippen LogP contribution in [0.15, 0.2) is 6.33 Å². The summed E-state index contributed by atoms with van der Waals surface area (Å²) < 4.78 is 8.22. The first-order valence-electron chi connectivity index (χ1n) is 9.57. The molecule has 2 aliphatic heterocycles. The van der Waals surface area contributed by atoms with E-state index in [4.69, 9.17) is 10.5 Å². The van der Waals surface area contributed by atoms with Crippen LogP contribution in [0.2, 0.25) is 0 Å². The number of nitrogens with zero attached hydrogens (tertiary/aromatic N) is 5. The molecular formula is C18H30N6O. The lowest BCUT2D eigenvalue weighted by Gasteiger charge is -2.19. The molecule has 2 N–H and O–H groups in total. The van der Waals surface area contributed by atoms with Gasteiger partial charge in [-0.2, -0.15) is 9.97 Å². The standard InChI is InChI=1S/C16H24N6O.C2H6/c1-3-11-8-10(2)15(23-11)22-9-18-12-13(21-6-4-5-7-21)19-16(17)20-14(12)22;1-2/h9-11,15H,3-8H2,1-2H3,(H2,17,19,20);1-2H3/t10-,11+,15+;/m0./s1. The number of nitrogens with two attached hydrogens (primary N) is 1. The molecule has 0 aromatic carbocycles. The molecule has 7 heteroatoms. The Bertz CT molecular complexity index is 709. The molecule has 0 saturated carbocycles. The van der Waals surface area contributed by atoms with Crippen LogP contribution in [-0.2, 0) is 4.74 Å². The van der Waals surface area contributed by atoms with Gasteiger partial charge in [-0.05, 0) is 25.7 Å². The molecule has 7 nitrogen and oxygen atoms in total. The summed E-state index contributed by atoms with van der Waals surface area (Å²) in [6, 6.07) is 0. The fourth-order valence-electron chi connectivity index (χ4n) is 3.77. The maximum atomic E-state index is 6.19. The van der Waals surface area contributed by atoms with Gasteiger partial charge in [0.1, 0.15) is 6.23 Å². The minimum atomic E-state index is -0.0225. The zero-order valence-corrected chi connectivity index (χ0v) is 15.8. The largest absolute Gasteiger partial charge is 0.368 e. The molecule has 0 aliphatic carbocycles. The van der Waals surface area contributed by atoms with Crippen molar-refractivity contribution in [1.29, 1.82) is 0 Å². The molecule has 25 heavy (non-hydrogen) atoms. The van der Waals surface area contributed by atoms with E-state index in [1.54, 1.807) is 0 Å². The Hall–Kier alpha value is -1.89. The topological polar surface area (TPSA) is 82.1 Å². The first kappa shape index (κ1) is 17.9. The Morgan fingerprint density at radius 2 is 1.96 bits per heavy atom.